The number of aromatic nitrogens is 1. The molecule has 28 heavy (non-hydrogen) atoms. The third kappa shape index (κ3) is 4.47. The Balaban J connectivity index is 2.68. The first-order valence-corrected chi connectivity index (χ1v) is 11.2. The molecule has 2 rings (SSSR count). The van der Waals surface area contributed by atoms with Crippen molar-refractivity contribution in [3.8, 4) is 5.75 Å². The van der Waals surface area contributed by atoms with E-state index >= 15 is 0 Å². The number of ketones is 1. The van der Waals surface area contributed by atoms with Crippen LogP contribution in [0, 0.1) is 0 Å². The monoisotopic (exact) mass is 403 g/mol. The number of aromatic hydroxyl groups is 1. The minimum atomic E-state index is -1.18. The van der Waals surface area contributed by atoms with Gasteiger partial charge < -0.3 is 14.2 Å². The second kappa shape index (κ2) is 7.60. The number of benzene rings is 1. The van der Waals surface area contributed by atoms with E-state index in [4.69, 9.17) is 0 Å². The van der Waals surface area contributed by atoms with Crippen LogP contribution in [0.1, 0.15) is 88.5 Å². The Hall–Kier alpha value is -1.72. The molecule has 0 bridgehead atoms. The number of rotatable bonds is 4. The van der Waals surface area contributed by atoms with Crippen LogP contribution in [0.15, 0.2) is 29.4 Å². The molecule has 0 saturated carbocycles. The Morgan fingerprint density at radius 1 is 1.00 bits per heavy atom. The summed E-state index contributed by atoms with van der Waals surface area (Å²) in [5.41, 5.74) is 1.96. The Bertz CT molecular complexity index is 820. The minimum absolute atomic E-state index is 0.107. The van der Waals surface area contributed by atoms with Crippen molar-refractivity contribution in [3.63, 3.8) is 0 Å². The van der Waals surface area contributed by atoms with Crippen LogP contribution in [0.4, 0.5) is 0 Å². The molecule has 0 spiro atoms. The smallest absolute Gasteiger partial charge is 0.225 e. The summed E-state index contributed by atoms with van der Waals surface area (Å²) in [5.74, 6) is 0.133. The summed E-state index contributed by atoms with van der Waals surface area (Å²) in [6.45, 7) is 16.1. The van der Waals surface area contributed by atoms with E-state index in [0.29, 0.717) is 16.2 Å². The van der Waals surface area contributed by atoms with E-state index in [-0.39, 0.29) is 28.4 Å². The zero-order valence-electron chi connectivity index (χ0n) is 18.5. The van der Waals surface area contributed by atoms with E-state index in [0.717, 1.165) is 11.1 Å². The average Bonchev–Trinajstić information content (AvgIpc) is 2.98. The molecule has 1 unspecified atom stereocenters. The summed E-state index contributed by atoms with van der Waals surface area (Å²) in [6.07, 6.45) is 3.41. The Morgan fingerprint density at radius 3 is 1.79 bits per heavy atom. The molecule has 0 aliphatic heterocycles. The molecule has 0 amide bonds. The molecule has 5 heteroatoms. The maximum atomic E-state index is 13.3. The van der Waals surface area contributed by atoms with Crippen LogP contribution in [0.2, 0.25) is 0 Å². The first-order chi connectivity index (χ1) is 12.6. The third-order valence-corrected chi connectivity index (χ3v) is 5.83. The molecule has 1 aromatic heterocycles. The molecule has 1 N–H and O–H groups in total. The summed E-state index contributed by atoms with van der Waals surface area (Å²) < 4.78 is 14.0. The zero-order chi connectivity index (χ0) is 21.6. The van der Waals surface area contributed by atoms with Gasteiger partial charge in [-0.2, -0.15) is 0 Å². The average molecular weight is 404 g/mol. The highest BCUT2D eigenvalue weighted by molar-refractivity contribution is 7.90. The van der Waals surface area contributed by atoms with Crippen molar-refractivity contribution in [1.82, 2.24) is 4.57 Å². The van der Waals surface area contributed by atoms with E-state index in [9.17, 15) is 14.5 Å². The predicted octanol–water partition coefficient (Wildman–Crippen LogP) is 5.34. The number of phenols is 1. The highest BCUT2D eigenvalue weighted by Crippen LogP contribution is 2.40. The second-order valence-corrected chi connectivity index (χ2v) is 11.1. The van der Waals surface area contributed by atoms with Crippen molar-refractivity contribution in [2.45, 2.75) is 77.3 Å². The van der Waals surface area contributed by atoms with Crippen molar-refractivity contribution < 1.29 is 14.5 Å². The van der Waals surface area contributed by atoms with E-state index < -0.39 is 11.2 Å². The van der Waals surface area contributed by atoms with Gasteiger partial charge >= 0.3 is 0 Å². The number of nitrogens with zero attached hydrogens (tertiary/aromatic N) is 1. The Morgan fingerprint density at radius 2 is 1.46 bits per heavy atom. The largest absolute Gasteiger partial charge is 0.610 e. The molecule has 2 aromatic rings. The van der Waals surface area contributed by atoms with Crippen LogP contribution in [-0.2, 0) is 22.0 Å². The Kier molecular flexibility index (Phi) is 6.13. The first-order valence-electron chi connectivity index (χ1n) is 9.62. The summed E-state index contributed by atoms with van der Waals surface area (Å²) in [4.78, 5) is 13.3. The topological polar surface area (TPSA) is 65.3 Å². The fourth-order valence-corrected chi connectivity index (χ4v) is 4.15. The summed E-state index contributed by atoms with van der Waals surface area (Å²) in [6, 6.07) is 5.42. The number of carbonyl (C=O) groups is 1. The molecule has 0 fully saturated rings. The maximum absolute atomic E-state index is 13.3. The first kappa shape index (κ1) is 22.6. The van der Waals surface area contributed by atoms with Gasteiger partial charge in [-0.1, -0.05) is 41.5 Å². The number of hydrogen-bond acceptors (Lipinski definition) is 3. The van der Waals surface area contributed by atoms with Crippen LogP contribution in [0.25, 0.3) is 0 Å². The molecule has 4 nitrogen and oxygen atoms in total. The minimum Gasteiger partial charge on any atom is -0.610 e. The lowest BCUT2D eigenvalue weighted by atomic mass is 9.78. The number of hydrogen-bond donors (Lipinski definition) is 1. The van der Waals surface area contributed by atoms with Gasteiger partial charge in [0.05, 0.1) is 0 Å². The SMILES string of the molecule is CC(C)n1cc(C(=O)c2cc(C(C)(C)C)c(O)c(C(C)(C)C)c2)cc1[S+](C)[O-]. The number of carbonyl (C=O) groups excluding carboxylic acids is 1. The molecule has 0 radical (unpaired) electrons. The maximum Gasteiger partial charge on any atom is 0.225 e. The standard InChI is InChI=1S/C23H33NO3S/c1-14(2)24-13-16(12-19(24)28(9)27)20(25)15-10-17(22(3,4)5)21(26)18(11-15)23(6,7)8/h10-14,26H,1-9H3. The molecule has 1 aromatic carbocycles. The van der Waals surface area contributed by atoms with Gasteiger partial charge in [-0.25, -0.2) is 0 Å². The fourth-order valence-electron chi connectivity index (χ4n) is 3.29. The van der Waals surface area contributed by atoms with E-state index in [1.165, 1.54) is 0 Å². The lowest BCUT2D eigenvalue weighted by Gasteiger charge is -2.28. The van der Waals surface area contributed by atoms with Crippen molar-refractivity contribution in [2.75, 3.05) is 6.26 Å². The van der Waals surface area contributed by atoms with Crippen LogP contribution in [0.5, 0.6) is 5.75 Å². The van der Waals surface area contributed by atoms with E-state index in [1.807, 2.05) is 60.0 Å². The molecule has 0 aliphatic carbocycles. The van der Waals surface area contributed by atoms with Crippen molar-refractivity contribution in [2.24, 2.45) is 0 Å². The normalized spacial score (nSPS) is 13.8. The predicted molar refractivity (Wildman–Crippen MR) is 116 cm³/mol. The Labute approximate surface area is 172 Å². The van der Waals surface area contributed by atoms with Crippen LogP contribution in [0.3, 0.4) is 0 Å². The van der Waals surface area contributed by atoms with Crippen LogP contribution >= 0.6 is 0 Å². The van der Waals surface area contributed by atoms with Gasteiger partial charge in [0.2, 0.25) is 5.03 Å². The summed E-state index contributed by atoms with van der Waals surface area (Å²) in [5, 5.41) is 11.5. The molecule has 154 valence electrons. The van der Waals surface area contributed by atoms with Crippen LogP contribution < -0.4 is 0 Å². The van der Waals surface area contributed by atoms with Crippen LogP contribution in [-0.4, -0.2) is 26.3 Å². The molecular weight excluding hydrogens is 370 g/mol. The van der Waals surface area contributed by atoms with Crippen molar-refractivity contribution in [3.05, 3.63) is 46.6 Å². The van der Waals surface area contributed by atoms with E-state index in [2.05, 4.69) is 0 Å². The van der Waals surface area contributed by atoms with Gasteiger partial charge in [-0.3, -0.25) is 4.79 Å². The van der Waals surface area contributed by atoms with Gasteiger partial charge in [0, 0.05) is 40.6 Å². The molecule has 1 heterocycles. The lowest BCUT2D eigenvalue weighted by Crippen LogP contribution is -2.19. The van der Waals surface area contributed by atoms with Gasteiger partial charge in [0.25, 0.3) is 0 Å². The zero-order valence-corrected chi connectivity index (χ0v) is 19.3. The van der Waals surface area contributed by atoms with E-state index in [1.54, 1.807) is 30.7 Å². The summed E-state index contributed by atoms with van der Waals surface area (Å²) in [7, 11) is 0. The van der Waals surface area contributed by atoms with Gasteiger partial charge in [-0.15, -0.1) is 0 Å². The summed E-state index contributed by atoms with van der Waals surface area (Å²) >= 11 is -1.18. The number of phenolic OH excluding ortho intramolecular Hbond substituents is 1. The molecular formula is C23H33NO3S. The lowest BCUT2D eigenvalue weighted by molar-refractivity contribution is 0.103. The molecule has 0 saturated heterocycles. The van der Waals surface area contributed by atoms with Crippen molar-refractivity contribution >= 4 is 17.0 Å². The van der Waals surface area contributed by atoms with Gasteiger partial charge in [0.15, 0.2) is 5.78 Å². The fraction of sp³-hybridized carbons (Fsp3) is 0.522. The highest BCUT2D eigenvalue weighted by atomic mass is 32.2. The molecule has 1 atom stereocenters. The van der Waals surface area contributed by atoms with Gasteiger partial charge in [-0.05, 0) is 48.0 Å². The molecule has 0 aliphatic rings. The van der Waals surface area contributed by atoms with Gasteiger partial charge in [0.1, 0.15) is 12.0 Å². The highest BCUT2D eigenvalue weighted by Gasteiger charge is 2.29. The second-order valence-electron chi connectivity index (χ2n) is 9.77. The quantitative estimate of drug-likeness (QED) is 0.554. The van der Waals surface area contributed by atoms with Crippen molar-refractivity contribution in [1.29, 1.82) is 0 Å². The third-order valence-electron chi connectivity index (χ3n) is 4.91.